The Balaban J connectivity index is 1.74. The van der Waals surface area contributed by atoms with E-state index in [-0.39, 0.29) is 12.1 Å². The number of nitriles is 1. The van der Waals surface area contributed by atoms with Crippen LogP contribution >= 0.6 is 0 Å². The van der Waals surface area contributed by atoms with E-state index >= 15 is 0 Å². The van der Waals surface area contributed by atoms with E-state index in [0.717, 1.165) is 19.2 Å². The first-order valence-corrected chi connectivity index (χ1v) is 13.6. The number of amides is 1. The highest BCUT2D eigenvalue weighted by atomic mass is 32.2. The highest BCUT2D eigenvalue weighted by Crippen LogP contribution is 2.66. The first-order chi connectivity index (χ1) is 17.6. The summed E-state index contributed by atoms with van der Waals surface area (Å²) >= 11 is 0. The molecule has 0 radical (unpaired) electrons. The Morgan fingerprint density at radius 1 is 1.21 bits per heavy atom. The number of halogens is 3. The molecule has 3 fully saturated rings. The Morgan fingerprint density at radius 2 is 1.84 bits per heavy atom. The van der Waals surface area contributed by atoms with Gasteiger partial charge in [0.05, 0.1) is 27.9 Å². The molecule has 0 spiro atoms. The zero-order valence-corrected chi connectivity index (χ0v) is 21.7. The molecular formula is C24H29F3N4O6S. The number of sulfone groups is 1. The van der Waals surface area contributed by atoms with Crippen LogP contribution in [-0.4, -0.2) is 82.0 Å². The lowest BCUT2D eigenvalue weighted by molar-refractivity contribution is -0.159. The van der Waals surface area contributed by atoms with Gasteiger partial charge in [-0.05, 0) is 44.5 Å². The summed E-state index contributed by atoms with van der Waals surface area (Å²) in [5, 5.41) is 18.2. The van der Waals surface area contributed by atoms with E-state index in [1.165, 1.54) is 6.07 Å². The molecule has 5 atom stereocenters. The molecule has 2 aliphatic carbocycles. The fourth-order valence-corrected chi connectivity index (χ4v) is 8.11. The molecule has 1 aliphatic heterocycles. The molecule has 0 bridgehead atoms. The molecule has 208 valence electrons. The molecule has 3 N–H and O–H groups in total. The molecule has 1 aromatic carbocycles. The summed E-state index contributed by atoms with van der Waals surface area (Å²) in [7, 11) is -1.66. The van der Waals surface area contributed by atoms with E-state index < -0.39 is 79.3 Å². The van der Waals surface area contributed by atoms with Gasteiger partial charge < -0.3 is 25.4 Å². The van der Waals surface area contributed by atoms with Crippen molar-refractivity contribution in [1.82, 2.24) is 4.90 Å². The van der Waals surface area contributed by atoms with Crippen LogP contribution in [0.2, 0.25) is 0 Å². The minimum absolute atomic E-state index is 0.203. The molecule has 1 aromatic rings. The minimum Gasteiger partial charge on any atom is -0.481 e. The van der Waals surface area contributed by atoms with Crippen molar-refractivity contribution in [3.05, 3.63) is 23.8 Å². The van der Waals surface area contributed by atoms with Gasteiger partial charge in [-0.3, -0.25) is 9.59 Å². The Kier molecular flexibility index (Phi) is 6.95. The second-order valence-corrected chi connectivity index (χ2v) is 12.5. The van der Waals surface area contributed by atoms with Crippen LogP contribution in [0.15, 0.2) is 23.1 Å². The molecule has 3 aliphatic rings. The Morgan fingerprint density at radius 3 is 2.32 bits per heavy atom. The number of carboxylic acid groups (broad SMARTS) is 1. The zero-order valence-electron chi connectivity index (χ0n) is 20.9. The number of carboxylic acids is 1. The molecule has 1 amide bonds. The van der Waals surface area contributed by atoms with Crippen LogP contribution in [0.5, 0.6) is 0 Å². The molecule has 14 heteroatoms. The number of carbonyl (C=O) groups is 2. The topological polar surface area (TPSA) is 154 Å². The number of primary amides is 1. The van der Waals surface area contributed by atoms with Gasteiger partial charge in [-0.25, -0.2) is 8.42 Å². The number of nitrogens with two attached hydrogens (primary N) is 1. The predicted octanol–water partition coefficient (Wildman–Crippen LogP) is 1.49. The van der Waals surface area contributed by atoms with E-state index in [9.17, 15) is 41.5 Å². The maximum atomic E-state index is 14.2. The van der Waals surface area contributed by atoms with Crippen molar-refractivity contribution in [2.45, 2.75) is 41.7 Å². The fraction of sp³-hybridized carbons (Fsp3) is 0.625. The molecule has 0 aromatic heterocycles. The monoisotopic (exact) mass is 558 g/mol. The molecular weight excluding hydrogens is 529 g/mol. The number of carbonyl (C=O) groups excluding carboxylic acids is 1. The molecule has 1 saturated heterocycles. The summed E-state index contributed by atoms with van der Waals surface area (Å²) in [6.45, 7) is 2.22. The summed E-state index contributed by atoms with van der Waals surface area (Å²) in [6, 6.07) is 4.83. The van der Waals surface area contributed by atoms with Crippen LogP contribution in [-0.2, 0) is 30.3 Å². The van der Waals surface area contributed by atoms with E-state index in [1.54, 1.807) is 11.0 Å². The third-order valence-electron chi connectivity index (χ3n) is 8.40. The SMILES string of the molecule is CO[C@@H]1C[C@H](S(=O)(=O)c2ccc(N3CCN(C)CC3)cc2C(F)(F)F)C[C@@]1(C(=O)O)C1CC1(C#N)C(N)=O. The van der Waals surface area contributed by atoms with Crippen LogP contribution in [0.3, 0.4) is 0 Å². The van der Waals surface area contributed by atoms with Crippen molar-refractivity contribution in [1.29, 1.82) is 5.26 Å². The Hall–Kier alpha value is -2.89. The first-order valence-electron chi connectivity index (χ1n) is 12.0. The highest BCUT2D eigenvalue weighted by Gasteiger charge is 2.75. The van der Waals surface area contributed by atoms with Crippen LogP contribution in [0.1, 0.15) is 24.8 Å². The van der Waals surface area contributed by atoms with E-state index in [4.69, 9.17) is 10.5 Å². The van der Waals surface area contributed by atoms with E-state index in [0.29, 0.717) is 26.2 Å². The quantitative estimate of drug-likeness (QED) is 0.507. The van der Waals surface area contributed by atoms with Gasteiger partial charge in [0.25, 0.3) is 0 Å². The second-order valence-electron chi connectivity index (χ2n) is 10.3. The number of likely N-dealkylation sites (N-methyl/N-ethyl adjacent to an activating group) is 1. The lowest BCUT2D eigenvalue weighted by atomic mass is 9.75. The highest BCUT2D eigenvalue weighted by molar-refractivity contribution is 7.92. The van der Waals surface area contributed by atoms with Gasteiger partial charge in [-0.2, -0.15) is 18.4 Å². The number of hydrogen-bond donors (Lipinski definition) is 2. The second kappa shape index (κ2) is 9.39. The Bertz CT molecular complexity index is 1290. The van der Waals surface area contributed by atoms with Crippen LogP contribution in [0, 0.1) is 28.1 Å². The predicted molar refractivity (Wildman–Crippen MR) is 128 cm³/mol. The van der Waals surface area contributed by atoms with Gasteiger partial charge in [-0.1, -0.05) is 0 Å². The number of rotatable bonds is 7. The number of methoxy groups -OCH3 is 1. The van der Waals surface area contributed by atoms with Gasteiger partial charge in [0, 0.05) is 44.9 Å². The minimum atomic E-state index is -4.99. The number of alkyl halides is 3. The smallest absolute Gasteiger partial charge is 0.417 e. The van der Waals surface area contributed by atoms with Crippen molar-refractivity contribution in [3.63, 3.8) is 0 Å². The number of piperazine rings is 1. The van der Waals surface area contributed by atoms with Crippen molar-refractivity contribution in [2.24, 2.45) is 22.5 Å². The summed E-state index contributed by atoms with van der Waals surface area (Å²) < 4.78 is 75.2. The summed E-state index contributed by atoms with van der Waals surface area (Å²) in [5.41, 5.74) is 0.475. The van der Waals surface area contributed by atoms with Gasteiger partial charge in [0.2, 0.25) is 5.91 Å². The largest absolute Gasteiger partial charge is 0.481 e. The van der Waals surface area contributed by atoms with Crippen molar-refractivity contribution in [2.75, 3.05) is 45.2 Å². The average molecular weight is 559 g/mol. The summed E-state index contributed by atoms with van der Waals surface area (Å²) in [6.07, 6.45) is -7.50. The lowest BCUT2D eigenvalue weighted by Gasteiger charge is -2.34. The third-order valence-corrected chi connectivity index (χ3v) is 10.6. The fourth-order valence-electron chi connectivity index (χ4n) is 6.09. The number of anilines is 1. The molecule has 2 saturated carbocycles. The molecule has 10 nitrogen and oxygen atoms in total. The summed E-state index contributed by atoms with van der Waals surface area (Å²) in [5.74, 6) is -3.67. The van der Waals surface area contributed by atoms with E-state index in [1.807, 2.05) is 11.9 Å². The van der Waals surface area contributed by atoms with Gasteiger partial charge in [0.15, 0.2) is 9.84 Å². The lowest BCUT2D eigenvalue weighted by Crippen LogP contribution is -2.44. The third kappa shape index (κ3) is 4.30. The van der Waals surface area contributed by atoms with Crippen LogP contribution in [0.4, 0.5) is 18.9 Å². The maximum Gasteiger partial charge on any atom is 0.417 e. The van der Waals surface area contributed by atoms with Crippen molar-refractivity contribution < 1.29 is 41.0 Å². The molecule has 2 unspecified atom stereocenters. The maximum absolute atomic E-state index is 14.2. The van der Waals surface area contributed by atoms with Crippen molar-refractivity contribution >= 4 is 27.4 Å². The number of hydrogen-bond acceptors (Lipinski definition) is 8. The number of ether oxygens (including phenoxy) is 1. The van der Waals surface area contributed by atoms with Crippen LogP contribution < -0.4 is 10.6 Å². The zero-order chi connectivity index (χ0) is 28.3. The Labute approximate surface area is 218 Å². The molecule has 38 heavy (non-hydrogen) atoms. The van der Waals surface area contributed by atoms with Gasteiger partial charge in [-0.15, -0.1) is 0 Å². The standard InChI is InChI=1S/C24H29F3N4O6S/c1-30-5-7-31(8-6-30)14-3-4-17(16(9-14)24(25,26)27)38(35,36)15-10-19(37-2)23(11-15,21(33)34)18-12-22(18,13-28)20(29)32/h3-4,9,15,18-19H,5-8,10-12H2,1-2H3,(H2,29,32)(H,33,34)/t15-,18?,19+,22?,23+/m0/s1. The normalized spacial score (nSPS) is 32.1. The summed E-state index contributed by atoms with van der Waals surface area (Å²) in [4.78, 5) is 27.4. The molecule has 4 rings (SSSR count). The molecule has 1 heterocycles. The number of nitrogens with zero attached hydrogens (tertiary/aromatic N) is 3. The number of benzene rings is 1. The average Bonchev–Trinajstić information content (AvgIpc) is 3.48. The number of aliphatic carboxylic acids is 1. The van der Waals surface area contributed by atoms with Gasteiger partial charge in [0.1, 0.15) is 10.8 Å². The first kappa shape index (κ1) is 28.1. The van der Waals surface area contributed by atoms with Crippen molar-refractivity contribution in [3.8, 4) is 6.07 Å². The van der Waals surface area contributed by atoms with E-state index in [2.05, 4.69) is 0 Å². The van der Waals surface area contributed by atoms with Crippen LogP contribution in [0.25, 0.3) is 0 Å². The van der Waals surface area contributed by atoms with Gasteiger partial charge >= 0.3 is 12.1 Å².